The summed E-state index contributed by atoms with van der Waals surface area (Å²) < 4.78 is 23.0. The van der Waals surface area contributed by atoms with Gasteiger partial charge in [-0.15, -0.1) is 0 Å². The number of carbonyl (C=O) groups is 3. The third-order valence-electron chi connectivity index (χ3n) is 12.2. The number of piperidine rings is 1. The molecular weight excluding hydrogens is 713 g/mol. The van der Waals surface area contributed by atoms with Crippen LogP contribution in [0.15, 0.2) is 30.3 Å². The van der Waals surface area contributed by atoms with Crippen LogP contribution in [0.4, 0.5) is 0 Å². The first-order chi connectivity index (χ1) is 27.1. The number of hydrogen-bond donors (Lipinski definition) is 3. The van der Waals surface area contributed by atoms with Crippen LogP contribution in [0.5, 0.6) is 0 Å². The van der Waals surface area contributed by atoms with Crippen molar-refractivity contribution in [2.24, 2.45) is 23.7 Å². The molecule has 3 N–H and O–H groups in total. The van der Waals surface area contributed by atoms with Gasteiger partial charge in [-0.3, -0.25) is 19.3 Å². The first-order valence-corrected chi connectivity index (χ1v) is 21.8. The molecule has 1 unspecified atom stereocenters. The van der Waals surface area contributed by atoms with Crippen molar-refractivity contribution >= 4 is 17.7 Å². The molecule has 2 heterocycles. The van der Waals surface area contributed by atoms with Crippen molar-refractivity contribution in [1.82, 2.24) is 20.4 Å². The number of methoxy groups -OCH3 is 1. The molecule has 0 spiro atoms. The summed E-state index contributed by atoms with van der Waals surface area (Å²) in [6, 6.07) is 8.78. The topological polar surface area (TPSA) is 139 Å². The standard InChI is InChI=1S/C44H74N4O8/c1-6-15-38(42(51)48-24-20-36(21-25-48)55-32-53-5)44(56-7-2,35-18-12-9-13-19-35)43(52)46-39(30-34-16-10-8-11-17-34)40(49)31-37(33(3)4)41(50)45-22-14-23-47-26-28-54-29-27-47/h9,12-13,18-19,33-34,36-40,49H,6-8,10-11,14-17,20-32H2,1-5H3,(H,45,50)(H,46,52)/t37-,38?,39-,40-,44+/m0/s1. The lowest BCUT2D eigenvalue weighted by Crippen LogP contribution is -2.60. The average molecular weight is 787 g/mol. The number of likely N-dealkylation sites (tertiary alicyclic amines) is 1. The maximum absolute atomic E-state index is 15.3. The molecule has 2 saturated heterocycles. The highest BCUT2D eigenvalue weighted by molar-refractivity contribution is 5.94. The van der Waals surface area contributed by atoms with E-state index in [1.165, 1.54) is 6.42 Å². The van der Waals surface area contributed by atoms with E-state index in [2.05, 4.69) is 15.5 Å². The van der Waals surface area contributed by atoms with Crippen LogP contribution < -0.4 is 10.6 Å². The maximum Gasteiger partial charge on any atom is 0.258 e. The van der Waals surface area contributed by atoms with Gasteiger partial charge in [0.05, 0.1) is 37.4 Å². The molecule has 1 aromatic rings. The Labute approximate surface area is 337 Å². The molecule has 3 aliphatic rings. The third kappa shape index (κ3) is 13.2. The van der Waals surface area contributed by atoms with Gasteiger partial charge in [0.2, 0.25) is 11.8 Å². The monoisotopic (exact) mass is 787 g/mol. The van der Waals surface area contributed by atoms with Gasteiger partial charge >= 0.3 is 0 Å². The lowest BCUT2D eigenvalue weighted by atomic mass is 9.75. The second kappa shape index (κ2) is 24.3. The number of carbonyl (C=O) groups excluding carboxylic acids is 3. The summed E-state index contributed by atoms with van der Waals surface area (Å²) >= 11 is 0. The maximum atomic E-state index is 15.3. The molecule has 0 bridgehead atoms. The van der Waals surface area contributed by atoms with E-state index in [0.29, 0.717) is 63.2 Å². The highest BCUT2D eigenvalue weighted by atomic mass is 16.7. The van der Waals surface area contributed by atoms with Crippen LogP contribution in [-0.4, -0.2) is 124 Å². The molecule has 3 fully saturated rings. The highest BCUT2D eigenvalue weighted by Crippen LogP contribution is 2.40. The molecule has 1 saturated carbocycles. The molecule has 12 heteroatoms. The van der Waals surface area contributed by atoms with Gasteiger partial charge in [-0.25, -0.2) is 0 Å². The average Bonchev–Trinajstić information content (AvgIpc) is 3.22. The Hall–Kier alpha value is -2.61. The van der Waals surface area contributed by atoms with Crippen LogP contribution in [0.1, 0.15) is 110 Å². The van der Waals surface area contributed by atoms with Gasteiger partial charge in [0.25, 0.3) is 5.91 Å². The molecular formula is C44H74N4O8. The molecule has 2 aliphatic heterocycles. The Kier molecular flexibility index (Phi) is 20.0. The van der Waals surface area contributed by atoms with Crippen molar-refractivity contribution in [1.29, 1.82) is 0 Å². The Morgan fingerprint density at radius 1 is 0.982 bits per heavy atom. The van der Waals surface area contributed by atoms with Crippen molar-refractivity contribution < 1.29 is 38.4 Å². The number of morpholine rings is 1. The summed E-state index contributed by atoms with van der Waals surface area (Å²) in [6.07, 6.45) is 8.66. The number of aliphatic hydroxyl groups excluding tert-OH is 1. The normalized spacial score (nSPS) is 20.9. The Balaban J connectivity index is 1.59. The zero-order valence-corrected chi connectivity index (χ0v) is 35.2. The van der Waals surface area contributed by atoms with E-state index in [1.807, 2.05) is 62.9 Å². The molecule has 12 nitrogen and oxygen atoms in total. The van der Waals surface area contributed by atoms with Crippen molar-refractivity contribution in [2.75, 3.05) is 73.0 Å². The fourth-order valence-electron chi connectivity index (χ4n) is 9.02. The number of aliphatic hydroxyl groups is 1. The minimum atomic E-state index is -1.63. The van der Waals surface area contributed by atoms with E-state index in [-0.39, 0.29) is 43.7 Å². The number of ether oxygens (including phenoxy) is 4. The second-order valence-corrected chi connectivity index (χ2v) is 16.5. The van der Waals surface area contributed by atoms with Gasteiger partial charge in [-0.2, -0.15) is 0 Å². The van der Waals surface area contributed by atoms with Crippen molar-refractivity contribution in [3.63, 3.8) is 0 Å². The minimum Gasteiger partial charge on any atom is -0.391 e. The quantitative estimate of drug-likeness (QED) is 0.100. The number of benzene rings is 1. The largest absolute Gasteiger partial charge is 0.391 e. The number of rotatable bonds is 23. The van der Waals surface area contributed by atoms with Gasteiger partial charge in [0.15, 0.2) is 5.60 Å². The van der Waals surface area contributed by atoms with Crippen LogP contribution in [0.2, 0.25) is 0 Å². The van der Waals surface area contributed by atoms with E-state index >= 15 is 4.79 Å². The number of nitrogens with zero attached hydrogens (tertiary/aromatic N) is 2. The van der Waals surface area contributed by atoms with Gasteiger partial charge in [-0.05, 0) is 69.4 Å². The first kappa shape index (κ1) is 46.1. The number of hydrogen-bond acceptors (Lipinski definition) is 9. The number of nitrogens with one attached hydrogen (secondary N) is 2. The van der Waals surface area contributed by atoms with E-state index in [9.17, 15) is 14.7 Å². The lowest BCUT2D eigenvalue weighted by molar-refractivity contribution is -0.172. The fraction of sp³-hybridized carbons (Fsp3) is 0.795. The van der Waals surface area contributed by atoms with Crippen molar-refractivity contribution in [3.05, 3.63) is 35.9 Å². The molecule has 1 aromatic carbocycles. The molecule has 5 atom stereocenters. The van der Waals surface area contributed by atoms with Gasteiger partial charge in [0.1, 0.15) is 6.79 Å². The smallest absolute Gasteiger partial charge is 0.258 e. The Bertz CT molecular complexity index is 1280. The van der Waals surface area contributed by atoms with E-state index < -0.39 is 35.5 Å². The SMILES string of the molecule is CCCC(C(=O)N1CCC(OCOC)CC1)[C@@](OCC)(C(=O)N[C@@H](CC1CCCCC1)[C@@H](O)C[C@H](C(=O)NCCCN1CCOCC1)C(C)C)c1ccccc1. The Morgan fingerprint density at radius 3 is 2.30 bits per heavy atom. The van der Waals surface area contributed by atoms with Gasteiger partial charge in [-0.1, -0.05) is 89.6 Å². The lowest BCUT2D eigenvalue weighted by Gasteiger charge is -2.43. The Morgan fingerprint density at radius 2 is 1.68 bits per heavy atom. The molecule has 4 rings (SSSR count). The van der Waals surface area contributed by atoms with Crippen LogP contribution in [0, 0.1) is 23.7 Å². The number of amides is 3. The molecule has 0 radical (unpaired) electrons. The van der Waals surface area contributed by atoms with Crippen LogP contribution in [0.25, 0.3) is 0 Å². The minimum absolute atomic E-state index is 0.00608. The van der Waals surface area contributed by atoms with Crippen molar-refractivity contribution in [3.8, 4) is 0 Å². The van der Waals surface area contributed by atoms with Crippen LogP contribution in [-0.2, 0) is 38.9 Å². The third-order valence-corrected chi connectivity index (χ3v) is 12.2. The zero-order chi connectivity index (χ0) is 40.3. The van der Waals surface area contributed by atoms with E-state index in [4.69, 9.17) is 18.9 Å². The molecule has 0 aromatic heterocycles. The summed E-state index contributed by atoms with van der Waals surface area (Å²) in [5, 5.41) is 18.6. The summed E-state index contributed by atoms with van der Waals surface area (Å²) in [7, 11) is 1.60. The first-order valence-electron chi connectivity index (χ1n) is 21.8. The predicted octanol–water partition coefficient (Wildman–Crippen LogP) is 5.26. The summed E-state index contributed by atoms with van der Waals surface area (Å²) in [4.78, 5) is 47.9. The summed E-state index contributed by atoms with van der Waals surface area (Å²) in [6.45, 7) is 14.2. The van der Waals surface area contributed by atoms with E-state index in [1.54, 1.807) is 7.11 Å². The van der Waals surface area contributed by atoms with Gasteiger partial charge < -0.3 is 39.6 Å². The zero-order valence-electron chi connectivity index (χ0n) is 35.2. The van der Waals surface area contributed by atoms with Crippen LogP contribution in [0.3, 0.4) is 0 Å². The second-order valence-electron chi connectivity index (χ2n) is 16.5. The molecule has 318 valence electrons. The van der Waals surface area contributed by atoms with Gasteiger partial charge in [0, 0.05) is 52.4 Å². The van der Waals surface area contributed by atoms with Crippen molar-refractivity contribution in [2.45, 2.75) is 129 Å². The predicted molar refractivity (Wildman–Crippen MR) is 218 cm³/mol. The summed E-state index contributed by atoms with van der Waals surface area (Å²) in [5.74, 6) is -1.51. The summed E-state index contributed by atoms with van der Waals surface area (Å²) in [5.41, 5.74) is -1.02. The molecule has 1 aliphatic carbocycles. The molecule has 3 amide bonds. The van der Waals surface area contributed by atoms with E-state index in [0.717, 1.165) is 65.0 Å². The van der Waals surface area contributed by atoms with Crippen LogP contribution >= 0.6 is 0 Å². The highest BCUT2D eigenvalue weighted by Gasteiger charge is 2.53. The molecule has 56 heavy (non-hydrogen) atoms. The fourth-order valence-corrected chi connectivity index (χ4v) is 9.02.